The lowest BCUT2D eigenvalue weighted by Gasteiger charge is -2.33. The number of hydrogen-bond acceptors (Lipinski definition) is 4. The van der Waals surface area contributed by atoms with Crippen molar-refractivity contribution in [2.24, 2.45) is 0 Å². The van der Waals surface area contributed by atoms with Gasteiger partial charge in [0.1, 0.15) is 12.6 Å². The van der Waals surface area contributed by atoms with Crippen molar-refractivity contribution in [1.82, 2.24) is 10.2 Å². The molecular formula is C25H33Cl2N3O4S. The first-order valence-electron chi connectivity index (χ1n) is 11.5. The lowest BCUT2D eigenvalue weighted by Crippen LogP contribution is -2.53. The van der Waals surface area contributed by atoms with Crippen molar-refractivity contribution < 1.29 is 18.0 Å². The molecule has 0 aliphatic heterocycles. The fourth-order valence-corrected chi connectivity index (χ4v) is 4.95. The first-order chi connectivity index (χ1) is 16.4. The Morgan fingerprint density at radius 3 is 2.29 bits per heavy atom. The van der Waals surface area contributed by atoms with Gasteiger partial charge >= 0.3 is 0 Å². The van der Waals surface area contributed by atoms with Crippen LogP contribution in [-0.2, 0) is 26.2 Å². The molecule has 2 aromatic carbocycles. The van der Waals surface area contributed by atoms with Crippen LogP contribution in [0.25, 0.3) is 0 Å². The zero-order valence-electron chi connectivity index (χ0n) is 20.7. The number of nitrogens with zero attached hydrogens (tertiary/aromatic N) is 2. The van der Waals surface area contributed by atoms with Crippen LogP contribution in [0.1, 0.15) is 44.7 Å². The highest BCUT2D eigenvalue weighted by Crippen LogP contribution is 2.33. The summed E-state index contributed by atoms with van der Waals surface area (Å²) in [6.07, 6.45) is 2.09. The van der Waals surface area contributed by atoms with Gasteiger partial charge in [-0.25, -0.2) is 8.42 Å². The maximum atomic E-state index is 13.7. The van der Waals surface area contributed by atoms with Gasteiger partial charge in [0.25, 0.3) is 0 Å². The van der Waals surface area contributed by atoms with E-state index >= 15 is 0 Å². The molecule has 0 saturated heterocycles. The predicted molar refractivity (Wildman–Crippen MR) is 142 cm³/mol. The summed E-state index contributed by atoms with van der Waals surface area (Å²) in [4.78, 5) is 28.2. The first-order valence-corrected chi connectivity index (χ1v) is 14.1. The molecule has 0 heterocycles. The van der Waals surface area contributed by atoms with Gasteiger partial charge in [0.05, 0.1) is 22.0 Å². The number of nitrogens with one attached hydrogen (secondary N) is 1. The van der Waals surface area contributed by atoms with E-state index in [1.165, 1.54) is 17.0 Å². The van der Waals surface area contributed by atoms with Crippen LogP contribution in [0.5, 0.6) is 0 Å². The molecule has 0 aromatic heterocycles. The highest BCUT2D eigenvalue weighted by molar-refractivity contribution is 7.92. The number of hydrogen-bond donors (Lipinski definition) is 1. The minimum atomic E-state index is -3.90. The quantitative estimate of drug-likeness (QED) is 0.443. The second-order valence-corrected chi connectivity index (χ2v) is 11.3. The summed E-state index contributed by atoms with van der Waals surface area (Å²) in [5, 5.41) is 3.14. The first kappa shape index (κ1) is 28.9. The highest BCUT2D eigenvalue weighted by atomic mass is 35.5. The van der Waals surface area contributed by atoms with E-state index in [-0.39, 0.29) is 34.2 Å². The molecule has 192 valence electrons. The van der Waals surface area contributed by atoms with E-state index in [4.69, 9.17) is 23.2 Å². The number of halogens is 2. The summed E-state index contributed by atoms with van der Waals surface area (Å²) in [5.41, 5.74) is 1.94. The molecule has 35 heavy (non-hydrogen) atoms. The van der Waals surface area contributed by atoms with Crippen molar-refractivity contribution in [3.8, 4) is 0 Å². The Kier molecular flexibility index (Phi) is 10.4. The normalized spacial score (nSPS) is 13.1. The van der Waals surface area contributed by atoms with E-state index in [2.05, 4.69) is 5.32 Å². The molecule has 0 radical (unpaired) electrons. The zero-order chi connectivity index (χ0) is 26.3. The maximum Gasteiger partial charge on any atom is 0.244 e. The maximum absolute atomic E-state index is 13.7. The average Bonchev–Trinajstić information content (AvgIpc) is 2.78. The molecular weight excluding hydrogens is 509 g/mol. The Balaban J connectivity index is 2.49. The van der Waals surface area contributed by atoms with Crippen molar-refractivity contribution in [2.45, 2.75) is 59.2 Å². The summed E-state index contributed by atoms with van der Waals surface area (Å²) >= 11 is 12.4. The summed E-state index contributed by atoms with van der Waals surface area (Å²) in [7, 11) is -3.90. The number of carbonyl (C=O) groups is 2. The topological polar surface area (TPSA) is 86.8 Å². The average molecular weight is 543 g/mol. The number of carbonyl (C=O) groups excluding carboxylic acids is 2. The number of benzene rings is 2. The smallest absolute Gasteiger partial charge is 0.244 e. The summed E-state index contributed by atoms with van der Waals surface area (Å²) in [6, 6.07) is 11.4. The Hall–Kier alpha value is -2.29. The molecule has 10 heteroatoms. The third-order valence-electron chi connectivity index (χ3n) is 5.70. The van der Waals surface area contributed by atoms with Crippen LogP contribution in [0.4, 0.5) is 5.69 Å². The van der Waals surface area contributed by atoms with Crippen LogP contribution in [-0.4, -0.2) is 50.0 Å². The molecule has 2 rings (SSSR count). The fraction of sp³-hybridized carbons (Fsp3) is 0.440. The molecule has 0 unspecified atom stereocenters. The van der Waals surface area contributed by atoms with Gasteiger partial charge in [-0.1, -0.05) is 72.9 Å². The molecule has 0 aliphatic carbocycles. The minimum absolute atomic E-state index is 0.0270. The molecule has 0 saturated carbocycles. The molecule has 1 N–H and O–H groups in total. The molecule has 7 nitrogen and oxygen atoms in total. The SMILES string of the molecule is CC[C@H](C)NC(=O)[C@H](CC)N(Cc1cccc(C)c1)C(=O)CN(c1cccc(Cl)c1Cl)S(C)(=O)=O. The Labute approximate surface area is 218 Å². The molecule has 2 atom stereocenters. The largest absolute Gasteiger partial charge is 0.352 e. The molecule has 2 aromatic rings. The van der Waals surface area contributed by atoms with Crippen molar-refractivity contribution in [1.29, 1.82) is 0 Å². The summed E-state index contributed by atoms with van der Waals surface area (Å²) in [6.45, 7) is 7.23. The van der Waals surface area contributed by atoms with Gasteiger partial charge in [-0.2, -0.15) is 0 Å². The lowest BCUT2D eigenvalue weighted by atomic mass is 10.1. The van der Waals surface area contributed by atoms with E-state index in [9.17, 15) is 18.0 Å². The van der Waals surface area contributed by atoms with E-state index in [1.807, 2.05) is 52.0 Å². The second kappa shape index (κ2) is 12.6. The van der Waals surface area contributed by atoms with Crippen LogP contribution in [0.15, 0.2) is 42.5 Å². The van der Waals surface area contributed by atoms with Gasteiger partial charge in [0.2, 0.25) is 21.8 Å². The van der Waals surface area contributed by atoms with E-state index in [0.29, 0.717) is 6.42 Å². The minimum Gasteiger partial charge on any atom is -0.352 e. The van der Waals surface area contributed by atoms with Gasteiger partial charge in [0, 0.05) is 12.6 Å². The number of rotatable bonds is 11. The molecule has 0 bridgehead atoms. The lowest BCUT2D eigenvalue weighted by molar-refractivity contribution is -0.140. The molecule has 0 aliphatic rings. The third kappa shape index (κ3) is 7.85. The van der Waals surface area contributed by atoms with Gasteiger partial charge in [-0.05, 0) is 44.4 Å². The van der Waals surface area contributed by atoms with Crippen LogP contribution in [0.3, 0.4) is 0 Å². The number of amides is 2. The summed E-state index contributed by atoms with van der Waals surface area (Å²) in [5.74, 6) is -0.811. The zero-order valence-corrected chi connectivity index (χ0v) is 23.0. The Morgan fingerprint density at radius 1 is 1.06 bits per heavy atom. The standard InChI is InChI=1S/C25H33Cl2N3O4S/c1-6-18(4)28-25(32)21(7-2)29(15-19-11-8-10-17(3)14-19)23(31)16-30(35(5,33)34)22-13-9-12-20(26)24(22)27/h8-14,18,21H,6-7,15-16H2,1-5H3,(H,28,32)/t18-,21-/m0/s1. The van der Waals surface area contributed by atoms with Crippen LogP contribution < -0.4 is 9.62 Å². The molecule has 0 fully saturated rings. The number of aryl methyl sites for hydroxylation is 1. The fourth-order valence-electron chi connectivity index (χ4n) is 3.65. The second-order valence-electron chi connectivity index (χ2n) is 8.60. The summed E-state index contributed by atoms with van der Waals surface area (Å²) < 4.78 is 26.3. The third-order valence-corrected chi connectivity index (χ3v) is 7.64. The Bertz CT molecular complexity index is 1160. The van der Waals surface area contributed by atoms with Crippen molar-refractivity contribution in [2.75, 3.05) is 17.1 Å². The van der Waals surface area contributed by atoms with Crippen LogP contribution in [0, 0.1) is 6.92 Å². The van der Waals surface area contributed by atoms with Gasteiger partial charge in [-0.3, -0.25) is 13.9 Å². The van der Waals surface area contributed by atoms with Gasteiger partial charge in [-0.15, -0.1) is 0 Å². The molecule has 2 amide bonds. The van der Waals surface area contributed by atoms with Crippen molar-refractivity contribution >= 4 is 50.7 Å². The van der Waals surface area contributed by atoms with Crippen molar-refractivity contribution in [3.05, 3.63) is 63.6 Å². The van der Waals surface area contributed by atoms with E-state index in [1.54, 1.807) is 6.07 Å². The monoisotopic (exact) mass is 541 g/mol. The highest BCUT2D eigenvalue weighted by Gasteiger charge is 2.32. The number of anilines is 1. The van der Waals surface area contributed by atoms with Gasteiger partial charge < -0.3 is 10.2 Å². The van der Waals surface area contributed by atoms with Crippen molar-refractivity contribution in [3.63, 3.8) is 0 Å². The van der Waals surface area contributed by atoms with Crippen LogP contribution in [0.2, 0.25) is 10.0 Å². The molecule has 0 spiro atoms. The van der Waals surface area contributed by atoms with Gasteiger partial charge in [0.15, 0.2) is 0 Å². The van der Waals surface area contributed by atoms with E-state index < -0.39 is 28.5 Å². The Morgan fingerprint density at radius 2 is 1.71 bits per heavy atom. The van der Waals surface area contributed by atoms with Crippen LogP contribution >= 0.6 is 23.2 Å². The van der Waals surface area contributed by atoms with E-state index in [0.717, 1.165) is 28.1 Å². The number of sulfonamides is 1. The predicted octanol–water partition coefficient (Wildman–Crippen LogP) is 4.79.